The summed E-state index contributed by atoms with van der Waals surface area (Å²) >= 11 is 2.25. The van der Waals surface area contributed by atoms with Gasteiger partial charge in [-0.05, 0) is 19.4 Å². The second-order valence-corrected chi connectivity index (χ2v) is 8.52. The van der Waals surface area contributed by atoms with Gasteiger partial charge in [-0.25, -0.2) is 0 Å². The number of ether oxygens (including phenoxy) is 2. The van der Waals surface area contributed by atoms with Crippen LogP contribution in [0.3, 0.4) is 0 Å². The van der Waals surface area contributed by atoms with E-state index in [1.807, 2.05) is 37.3 Å². The topological polar surface area (TPSA) is 72.9 Å². The van der Waals surface area contributed by atoms with Crippen LogP contribution in [0.5, 0.6) is 0 Å². The van der Waals surface area contributed by atoms with Crippen LogP contribution in [0.15, 0.2) is 30.3 Å². The maximum atomic E-state index is 13.2. The quantitative estimate of drug-likeness (QED) is 0.244. The first-order valence-electron chi connectivity index (χ1n) is 9.20. The molecule has 1 aromatic rings. The van der Waals surface area contributed by atoms with Crippen LogP contribution in [-0.4, -0.2) is 46.4 Å². The fourth-order valence-electron chi connectivity index (χ4n) is 3.47. The Morgan fingerprint density at radius 1 is 1.15 bits per heavy atom. The van der Waals surface area contributed by atoms with Gasteiger partial charge >= 0.3 is 11.9 Å². The highest BCUT2D eigenvalue weighted by Crippen LogP contribution is 2.38. The van der Waals surface area contributed by atoms with Crippen molar-refractivity contribution in [1.82, 2.24) is 4.90 Å². The number of carbonyl (C=O) groups is 3. The van der Waals surface area contributed by atoms with Gasteiger partial charge in [0.1, 0.15) is 0 Å². The number of carbonyl (C=O) groups excluding carboxylic acids is 3. The van der Waals surface area contributed by atoms with Crippen LogP contribution in [-0.2, 0) is 30.4 Å². The molecule has 1 aliphatic heterocycles. The predicted molar refractivity (Wildman–Crippen MR) is 109 cm³/mol. The monoisotopic (exact) mass is 487 g/mol. The van der Waals surface area contributed by atoms with Gasteiger partial charge < -0.3 is 14.4 Å². The van der Waals surface area contributed by atoms with Crippen molar-refractivity contribution < 1.29 is 23.9 Å². The van der Waals surface area contributed by atoms with E-state index < -0.39 is 23.8 Å². The lowest BCUT2D eigenvalue weighted by atomic mass is 9.82. The number of esters is 2. The number of rotatable bonds is 8. The number of nitrogens with zero attached hydrogens (tertiary/aromatic N) is 1. The third-order valence-corrected chi connectivity index (χ3v) is 5.66. The first-order valence-corrected chi connectivity index (χ1v) is 10.4. The van der Waals surface area contributed by atoms with Crippen LogP contribution in [0.1, 0.15) is 26.3 Å². The highest BCUT2D eigenvalue weighted by molar-refractivity contribution is 14.1. The van der Waals surface area contributed by atoms with Crippen LogP contribution in [0, 0.1) is 17.8 Å². The van der Waals surface area contributed by atoms with Crippen molar-refractivity contribution in [2.75, 3.05) is 19.8 Å². The number of benzene rings is 1. The van der Waals surface area contributed by atoms with Gasteiger partial charge in [-0.1, -0.05) is 59.8 Å². The molecule has 1 amide bonds. The summed E-state index contributed by atoms with van der Waals surface area (Å²) in [4.78, 5) is 40.0. The molecule has 0 saturated carbocycles. The molecule has 0 spiro atoms. The fourth-order valence-corrected chi connectivity index (χ4v) is 4.15. The summed E-state index contributed by atoms with van der Waals surface area (Å²) in [6, 6.07) is 9.68. The molecule has 1 heterocycles. The summed E-state index contributed by atoms with van der Waals surface area (Å²) in [5, 5.41) is 0. The summed E-state index contributed by atoms with van der Waals surface area (Å²) in [6.45, 7) is 6.59. The smallest absolute Gasteiger partial charge is 0.321 e. The molecule has 7 heteroatoms. The summed E-state index contributed by atoms with van der Waals surface area (Å²) in [5.41, 5.74) is 1.01. The molecule has 0 aromatic heterocycles. The molecule has 1 saturated heterocycles. The van der Waals surface area contributed by atoms with Crippen molar-refractivity contribution in [3.05, 3.63) is 35.9 Å². The van der Waals surface area contributed by atoms with Crippen LogP contribution in [0.25, 0.3) is 0 Å². The van der Waals surface area contributed by atoms with Gasteiger partial charge in [0.25, 0.3) is 0 Å². The van der Waals surface area contributed by atoms with Gasteiger partial charge in [0.2, 0.25) is 5.91 Å². The number of likely N-dealkylation sites (tertiary alicyclic amines) is 1. The van der Waals surface area contributed by atoms with Gasteiger partial charge in [-0.3, -0.25) is 14.4 Å². The normalized spacial score (nSPS) is 20.6. The SMILES string of the molecule is CCOC(=O)C(C(=O)OCC)[C@@H]1C(=O)N(Cc2ccccc2)C[C@H]1[C@@H](C)I. The Morgan fingerprint density at radius 3 is 2.19 bits per heavy atom. The predicted octanol–water partition coefficient (Wildman–Crippen LogP) is 2.83. The maximum Gasteiger partial charge on any atom is 0.321 e. The van der Waals surface area contributed by atoms with Crippen LogP contribution in [0.2, 0.25) is 0 Å². The van der Waals surface area contributed by atoms with Crippen molar-refractivity contribution in [2.24, 2.45) is 17.8 Å². The molecule has 1 aliphatic rings. The zero-order valence-electron chi connectivity index (χ0n) is 15.9. The van der Waals surface area contributed by atoms with Crippen molar-refractivity contribution in [3.8, 4) is 0 Å². The molecule has 27 heavy (non-hydrogen) atoms. The number of hydrogen-bond acceptors (Lipinski definition) is 5. The fraction of sp³-hybridized carbons (Fsp3) is 0.550. The standard InChI is InChI=1S/C20H26INO5/c1-4-26-19(24)17(20(25)27-5-2)16-15(13(3)21)12-22(18(16)23)11-14-9-7-6-8-10-14/h6-10,13,15-17H,4-5,11-12H2,1-3H3/t13-,15+,16-/m1/s1. The van der Waals surface area contributed by atoms with E-state index in [9.17, 15) is 14.4 Å². The third-order valence-electron chi connectivity index (χ3n) is 4.74. The zero-order chi connectivity index (χ0) is 20.0. The lowest BCUT2D eigenvalue weighted by Gasteiger charge is -2.24. The Kier molecular flexibility index (Phi) is 8.07. The highest BCUT2D eigenvalue weighted by Gasteiger charge is 2.52. The molecular formula is C20H26INO5. The number of alkyl halides is 1. The van der Waals surface area contributed by atoms with E-state index in [1.54, 1.807) is 18.7 Å². The van der Waals surface area contributed by atoms with Crippen LogP contribution >= 0.6 is 22.6 Å². The molecule has 1 fully saturated rings. The van der Waals surface area contributed by atoms with E-state index in [1.165, 1.54) is 0 Å². The second-order valence-electron chi connectivity index (χ2n) is 6.55. The molecule has 6 nitrogen and oxygen atoms in total. The summed E-state index contributed by atoms with van der Waals surface area (Å²) < 4.78 is 10.3. The number of halogens is 1. The van der Waals surface area contributed by atoms with E-state index in [2.05, 4.69) is 22.6 Å². The van der Waals surface area contributed by atoms with Gasteiger partial charge in [-0.15, -0.1) is 0 Å². The Morgan fingerprint density at radius 2 is 1.70 bits per heavy atom. The summed E-state index contributed by atoms with van der Waals surface area (Å²) in [6.07, 6.45) is 0. The Bertz CT molecular complexity index is 646. The largest absolute Gasteiger partial charge is 0.465 e. The van der Waals surface area contributed by atoms with Crippen LogP contribution < -0.4 is 0 Å². The van der Waals surface area contributed by atoms with Gasteiger partial charge in [0.05, 0.1) is 19.1 Å². The van der Waals surface area contributed by atoms with Gasteiger partial charge in [-0.2, -0.15) is 0 Å². The minimum Gasteiger partial charge on any atom is -0.465 e. The molecule has 0 unspecified atom stereocenters. The van der Waals surface area contributed by atoms with Gasteiger partial charge in [0.15, 0.2) is 5.92 Å². The number of amides is 1. The Balaban J connectivity index is 2.32. The minimum absolute atomic E-state index is 0.101. The highest BCUT2D eigenvalue weighted by atomic mass is 127. The van der Waals surface area contributed by atoms with E-state index in [0.717, 1.165) is 5.56 Å². The average Bonchev–Trinajstić information content (AvgIpc) is 2.94. The molecule has 0 aliphatic carbocycles. The molecule has 2 rings (SSSR count). The molecule has 0 radical (unpaired) electrons. The summed E-state index contributed by atoms with van der Waals surface area (Å²) in [5.74, 6) is -3.69. The van der Waals surface area contributed by atoms with E-state index in [0.29, 0.717) is 13.1 Å². The van der Waals surface area contributed by atoms with E-state index >= 15 is 0 Å². The maximum absolute atomic E-state index is 13.2. The van der Waals surface area contributed by atoms with Crippen molar-refractivity contribution in [3.63, 3.8) is 0 Å². The average molecular weight is 487 g/mol. The Hall–Kier alpha value is -1.64. The first-order chi connectivity index (χ1) is 12.9. The first kappa shape index (κ1) is 21.7. The van der Waals surface area contributed by atoms with Crippen molar-refractivity contribution >= 4 is 40.4 Å². The number of hydrogen-bond donors (Lipinski definition) is 0. The van der Waals surface area contributed by atoms with Gasteiger partial charge in [0, 0.05) is 22.9 Å². The van der Waals surface area contributed by atoms with E-state index in [-0.39, 0.29) is 29.0 Å². The molecule has 0 bridgehead atoms. The second kappa shape index (κ2) is 10.1. The van der Waals surface area contributed by atoms with Crippen LogP contribution in [0.4, 0.5) is 0 Å². The Labute approximate surface area is 173 Å². The molecule has 3 atom stereocenters. The molecule has 0 N–H and O–H groups in total. The minimum atomic E-state index is -1.22. The third kappa shape index (κ3) is 5.21. The molecule has 1 aromatic carbocycles. The lowest BCUT2D eigenvalue weighted by molar-refractivity contribution is -0.167. The lowest BCUT2D eigenvalue weighted by Crippen LogP contribution is -2.41. The summed E-state index contributed by atoms with van der Waals surface area (Å²) in [7, 11) is 0. The molecular weight excluding hydrogens is 461 g/mol. The van der Waals surface area contributed by atoms with Crippen molar-refractivity contribution in [2.45, 2.75) is 31.2 Å². The zero-order valence-corrected chi connectivity index (χ0v) is 18.0. The van der Waals surface area contributed by atoms with E-state index in [4.69, 9.17) is 9.47 Å². The van der Waals surface area contributed by atoms with Crippen molar-refractivity contribution in [1.29, 1.82) is 0 Å². The molecule has 148 valence electrons.